The first-order valence-corrected chi connectivity index (χ1v) is 4.49. The minimum atomic E-state index is 0.974. The van der Waals surface area contributed by atoms with Gasteiger partial charge in [0.1, 0.15) is 0 Å². The Morgan fingerprint density at radius 2 is 1.31 bits per heavy atom. The lowest BCUT2D eigenvalue weighted by atomic mass is 10.7. The first-order valence-electron chi connectivity index (χ1n) is 4.49. The molecule has 0 aliphatic carbocycles. The van der Waals surface area contributed by atoms with Crippen LogP contribution < -0.4 is 0 Å². The predicted octanol–water partition coefficient (Wildman–Crippen LogP) is 0.296. The van der Waals surface area contributed by atoms with Gasteiger partial charge in [0.25, 0.3) is 0 Å². The van der Waals surface area contributed by atoms with Crippen LogP contribution in [-0.4, -0.2) is 53.7 Å². The summed E-state index contributed by atoms with van der Waals surface area (Å²) in [4.78, 5) is 8.90. The van der Waals surface area contributed by atoms with Crippen LogP contribution in [0.1, 0.15) is 0 Å². The van der Waals surface area contributed by atoms with E-state index in [4.69, 9.17) is 0 Å². The summed E-state index contributed by atoms with van der Waals surface area (Å²) in [5.41, 5.74) is 0. The first-order chi connectivity index (χ1) is 6.24. The molecule has 0 saturated heterocycles. The van der Waals surface area contributed by atoms with Crippen LogP contribution in [0.2, 0.25) is 0 Å². The van der Waals surface area contributed by atoms with Gasteiger partial charge in [0.2, 0.25) is 0 Å². The maximum Gasteiger partial charge on any atom is 0.0927 e. The maximum absolute atomic E-state index is 2.28. The summed E-state index contributed by atoms with van der Waals surface area (Å²) >= 11 is 0. The molecule has 2 aliphatic heterocycles. The second-order valence-electron chi connectivity index (χ2n) is 3.71. The third-order valence-corrected chi connectivity index (χ3v) is 2.24. The van der Waals surface area contributed by atoms with Crippen molar-refractivity contribution < 1.29 is 0 Å². The minimum Gasteiger partial charge on any atom is -0.362 e. The van der Waals surface area contributed by atoms with Gasteiger partial charge in [0.15, 0.2) is 0 Å². The zero-order valence-electron chi connectivity index (χ0n) is 8.22. The highest BCUT2D eigenvalue weighted by atomic mass is 15.4. The van der Waals surface area contributed by atoms with Crippen molar-refractivity contribution in [3.05, 3.63) is 24.8 Å². The van der Waals surface area contributed by atoms with E-state index in [9.17, 15) is 0 Å². The van der Waals surface area contributed by atoms with Crippen LogP contribution in [0.5, 0.6) is 0 Å². The van der Waals surface area contributed by atoms with Crippen LogP contribution >= 0.6 is 0 Å². The standard InChI is InChI=1S/C9H16N4/c1-10-3-5-12(7-10)9-13-6-4-11(2)8-13/h3-6H,7-9H2,1-2H3. The van der Waals surface area contributed by atoms with Crippen molar-refractivity contribution in [1.29, 1.82) is 0 Å². The second-order valence-corrected chi connectivity index (χ2v) is 3.71. The highest BCUT2D eigenvalue weighted by Crippen LogP contribution is 2.08. The van der Waals surface area contributed by atoms with Gasteiger partial charge in [-0.3, -0.25) is 0 Å². The highest BCUT2D eigenvalue weighted by Gasteiger charge is 2.13. The second kappa shape index (κ2) is 3.20. The Hall–Kier alpha value is -1.32. The monoisotopic (exact) mass is 180 g/mol. The maximum atomic E-state index is 2.28. The average molecular weight is 180 g/mol. The minimum absolute atomic E-state index is 0.974. The van der Waals surface area contributed by atoms with Crippen LogP contribution in [-0.2, 0) is 0 Å². The summed E-state index contributed by atoms with van der Waals surface area (Å²) in [5, 5.41) is 0. The van der Waals surface area contributed by atoms with Crippen molar-refractivity contribution in [2.75, 3.05) is 34.1 Å². The Labute approximate surface area is 79.3 Å². The van der Waals surface area contributed by atoms with Gasteiger partial charge >= 0.3 is 0 Å². The normalized spacial score (nSPS) is 21.1. The summed E-state index contributed by atoms with van der Waals surface area (Å²) < 4.78 is 0. The van der Waals surface area contributed by atoms with Gasteiger partial charge in [-0.2, -0.15) is 0 Å². The summed E-state index contributed by atoms with van der Waals surface area (Å²) in [5.74, 6) is 0. The quantitative estimate of drug-likeness (QED) is 0.605. The van der Waals surface area contributed by atoms with Gasteiger partial charge in [0.05, 0.1) is 20.0 Å². The summed E-state index contributed by atoms with van der Waals surface area (Å²) in [6.45, 7) is 2.96. The van der Waals surface area contributed by atoms with E-state index < -0.39 is 0 Å². The van der Waals surface area contributed by atoms with Gasteiger partial charge in [-0.15, -0.1) is 0 Å². The molecule has 0 aromatic heterocycles. The molecule has 0 aromatic carbocycles. The van der Waals surface area contributed by atoms with Crippen molar-refractivity contribution in [2.24, 2.45) is 0 Å². The fraction of sp³-hybridized carbons (Fsp3) is 0.556. The molecular weight excluding hydrogens is 164 g/mol. The smallest absolute Gasteiger partial charge is 0.0927 e. The fourth-order valence-electron chi connectivity index (χ4n) is 1.59. The Morgan fingerprint density at radius 3 is 1.62 bits per heavy atom. The lowest BCUT2D eigenvalue weighted by Gasteiger charge is -2.25. The third kappa shape index (κ3) is 1.88. The molecule has 0 saturated carbocycles. The van der Waals surface area contributed by atoms with Gasteiger partial charge in [-0.1, -0.05) is 0 Å². The topological polar surface area (TPSA) is 13.0 Å². The first kappa shape index (κ1) is 8.29. The summed E-state index contributed by atoms with van der Waals surface area (Å²) in [6, 6.07) is 0. The number of rotatable bonds is 2. The molecule has 0 spiro atoms. The molecule has 0 N–H and O–H groups in total. The fourth-order valence-corrected chi connectivity index (χ4v) is 1.59. The molecule has 0 atom stereocenters. The molecular formula is C9H16N4. The van der Waals surface area contributed by atoms with Gasteiger partial charge < -0.3 is 19.6 Å². The number of hydrogen-bond donors (Lipinski definition) is 0. The number of nitrogens with zero attached hydrogens (tertiary/aromatic N) is 4. The molecule has 0 radical (unpaired) electrons. The molecule has 2 aliphatic rings. The predicted molar refractivity (Wildman–Crippen MR) is 52.1 cm³/mol. The molecule has 0 bridgehead atoms. The van der Waals surface area contributed by atoms with E-state index in [0.29, 0.717) is 0 Å². The van der Waals surface area contributed by atoms with E-state index in [1.165, 1.54) is 0 Å². The van der Waals surface area contributed by atoms with Crippen LogP contribution in [0.25, 0.3) is 0 Å². The Kier molecular flexibility index (Phi) is 2.04. The third-order valence-electron chi connectivity index (χ3n) is 2.24. The molecule has 72 valence electrons. The molecule has 0 unspecified atom stereocenters. The Balaban J connectivity index is 1.80. The van der Waals surface area contributed by atoms with E-state index in [-0.39, 0.29) is 0 Å². The van der Waals surface area contributed by atoms with Crippen LogP contribution in [0.3, 0.4) is 0 Å². The van der Waals surface area contributed by atoms with Crippen LogP contribution in [0.15, 0.2) is 24.8 Å². The largest absolute Gasteiger partial charge is 0.362 e. The average Bonchev–Trinajstić information content (AvgIpc) is 2.62. The molecule has 4 heteroatoms. The lowest BCUT2D eigenvalue weighted by molar-refractivity contribution is 0.179. The van der Waals surface area contributed by atoms with Crippen molar-refractivity contribution in [1.82, 2.24) is 19.6 Å². The summed E-state index contributed by atoms with van der Waals surface area (Å²) in [6.07, 6.45) is 8.46. The molecule has 2 rings (SSSR count). The molecule has 0 fully saturated rings. The molecule has 2 heterocycles. The van der Waals surface area contributed by atoms with E-state index in [1.807, 2.05) is 0 Å². The zero-order valence-corrected chi connectivity index (χ0v) is 8.22. The zero-order chi connectivity index (χ0) is 9.26. The highest BCUT2D eigenvalue weighted by molar-refractivity contribution is 4.93. The Bertz CT molecular complexity index is 212. The van der Waals surface area contributed by atoms with Gasteiger partial charge in [0, 0.05) is 38.9 Å². The van der Waals surface area contributed by atoms with Gasteiger partial charge in [-0.25, -0.2) is 0 Å². The molecule has 4 nitrogen and oxygen atoms in total. The van der Waals surface area contributed by atoms with Crippen molar-refractivity contribution in [3.63, 3.8) is 0 Å². The van der Waals surface area contributed by atoms with Crippen molar-refractivity contribution in [3.8, 4) is 0 Å². The van der Waals surface area contributed by atoms with Crippen molar-refractivity contribution >= 4 is 0 Å². The number of hydrogen-bond acceptors (Lipinski definition) is 4. The molecule has 0 aromatic rings. The van der Waals surface area contributed by atoms with Crippen molar-refractivity contribution in [2.45, 2.75) is 0 Å². The Morgan fingerprint density at radius 1 is 0.846 bits per heavy atom. The van der Waals surface area contributed by atoms with E-state index in [1.54, 1.807) is 0 Å². The van der Waals surface area contributed by atoms with Crippen LogP contribution in [0.4, 0.5) is 0 Å². The van der Waals surface area contributed by atoms with E-state index >= 15 is 0 Å². The van der Waals surface area contributed by atoms with E-state index in [0.717, 1.165) is 20.0 Å². The summed E-state index contributed by atoms with van der Waals surface area (Å²) in [7, 11) is 4.17. The molecule has 13 heavy (non-hydrogen) atoms. The van der Waals surface area contributed by atoms with Crippen LogP contribution in [0, 0.1) is 0 Å². The molecule has 0 amide bonds. The van der Waals surface area contributed by atoms with E-state index in [2.05, 4.69) is 58.5 Å². The lowest BCUT2D eigenvalue weighted by Crippen LogP contribution is -2.34. The van der Waals surface area contributed by atoms with Gasteiger partial charge in [-0.05, 0) is 0 Å². The SMILES string of the molecule is CN1C=CN(CN2C=CN(C)C2)C1.